The van der Waals surface area contributed by atoms with Crippen molar-refractivity contribution in [3.8, 4) is 11.3 Å². The fourth-order valence-corrected chi connectivity index (χ4v) is 5.17. The lowest BCUT2D eigenvalue weighted by Gasteiger charge is -2.41. The van der Waals surface area contributed by atoms with Crippen molar-refractivity contribution in [3.63, 3.8) is 0 Å². The molecule has 0 radical (unpaired) electrons. The summed E-state index contributed by atoms with van der Waals surface area (Å²) in [5.74, 6) is 0.483. The van der Waals surface area contributed by atoms with Crippen molar-refractivity contribution in [2.45, 2.75) is 25.4 Å². The topological polar surface area (TPSA) is 74.8 Å². The van der Waals surface area contributed by atoms with Crippen LogP contribution in [0.3, 0.4) is 0 Å². The largest absolute Gasteiger partial charge is 0.379 e. The number of nitrogens with zero attached hydrogens (tertiary/aromatic N) is 4. The van der Waals surface area contributed by atoms with E-state index in [4.69, 9.17) is 9.72 Å². The molecule has 1 aliphatic heterocycles. The zero-order chi connectivity index (χ0) is 23.9. The fourth-order valence-electron chi connectivity index (χ4n) is 5.17. The maximum atomic E-state index is 13.5. The second kappa shape index (κ2) is 8.70. The summed E-state index contributed by atoms with van der Waals surface area (Å²) in [5.41, 5.74) is 6.41. The molecule has 3 aromatic heterocycles. The predicted octanol–water partition coefficient (Wildman–Crippen LogP) is 5.31. The molecular formula is C27H27FN6O. The Morgan fingerprint density at radius 2 is 1.91 bits per heavy atom. The first-order chi connectivity index (χ1) is 17.1. The van der Waals surface area contributed by atoms with Crippen LogP contribution in [0.2, 0.25) is 0 Å². The van der Waals surface area contributed by atoms with Gasteiger partial charge in [-0.05, 0) is 54.8 Å². The van der Waals surface area contributed by atoms with Crippen LogP contribution in [0.25, 0.3) is 22.2 Å². The Morgan fingerprint density at radius 3 is 2.69 bits per heavy atom. The third-order valence-corrected chi connectivity index (χ3v) is 6.80. The number of aromatic nitrogens is 5. The third-order valence-electron chi connectivity index (χ3n) is 6.80. The van der Waals surface area contributed by atoms with Gasteiger partial charge < -0.3 is 19.6 Å². The number of aryl methyl sites for hydroxylation is 1. The van der Waals surface area contributed by atoms with E-state index < -0.39 is 0 Å². The number of benzene rings is 2. The van der Waals surface area contributed by atoms with Crippen LogP contribution in [0.4, 0.5) is 10.3 Å². The SMILES string of the molecule is CCOC[C@@H]1c2[nH]c3ccccc3c2C[C@H](c2cnn(C)c2)N1c1ncc(-c2ccc(F)cc2)[nH]1. The lowest BCUT2D eigenvalue weighted by atomic mass is 9.89. The average Bonchev–Trinajstić information content (AvgIpc) is 3.61. The van der Waals surface area contributed by atoms with Crippen LogP contribution < -0.4 is 4.90 Å². The third kappa shape index (κ3) is 3.80. The summed E-state index contributed by atoms with van der Waals surface area (Å²) in [7, 11) is 1.94. The Balaban J connectivity index is 1.50. The summed E-state index contributed by atoms with van der Waals surface area (Å²) in [4.78, 5) is 14.3. The molecule has 7 nitrogen and oxygen atoms in total. The zero-order valence-electron chi connectivity index (χ0n) is 19.7. The van der Waals surface area contributed by atoms with E-state index in [0.717, 1.165) is 40.4 Å². The minimum Gasteiger partial charge on any atom is -0.379 e. The number of imidazole rings is 1. The van der Waals surface area contributed by atoms with Gasteiger partial charge in [-0.3, -0.25) is 4.68 Å². The van der Waals surface area contributed by atoms with Gasteiger partial charge in [-0.2, -0.15) is 5.10 Å². The number of fused-ring (bicyclic) bond motifs is 3. The zero-order valence-corrected chi connectivity index (χ0v) is 19.7. The van der Waals surface area contributed by atoms with Gasteiger partial charge in [0, 0.05) is 42.0 Å². The molecule has 0 spiro atoms. The number of H-pyrrole nitrogens is 2. The summed E-state index contributed by atoms with van der Waals surface area (Å²) in [6.45, 7) is 3.15. The van der Waals surface area contributed by atoms with Crippen LogP contribution in [0.15, 0.2) is 67.1 Å². The van der Waals surface area contributed by atoms with Crippen LogP contribution in [0.1, 0.15) is 35.8 Å². The van der Waals surface area contributed by atoms with E-state index in [9.17, 15) is 4.39 Å². The molecule has 0 amide bonds. The van der Waals surface area contributed by atoms with E-state index in [1.54, 1.807) is 18.3 Å². The molecule has 2 aromatic carbocycles. The quantitative estimate of drug-likeness (QED) is 0.353. The molecule has 0 fully saturated rings. The van der Waals surface area contributed by atoms with Gasteiger partial charge in [-0.15, -0.1) is 0 Å². The van der Waals surface area contributed by atoms with E-state index in [2.05, 4.69) is 50.4 Å². The Hall–Kier alpha value is -3.91. The van der Waals surface area contributed by atoms with E-state index in [-0.39, 0.29) is 17.9 Å². The second-order valence-corrected chi connectivity index (χ2v) is 8.94. The number of anilines is 1. The van der Waals surface area contributed by atoms with Crippen LogP contribution in [0, 0.1) is 5.82 Å². The molecule has 6 rings (SSSR count). The number of aromatic amines is 2. The minimum atomic E-state index is -0.260. The second-order valence-electron chi connectivity index (χ2n) is 8.94. The highest BCUT2D eigenvalue weighted by molar-refractivity contribution is 5.85. The number of hydrogen-bond acceptors (Lipinski definition) is 4. The van der Waals surface area contributed by atoms with Crippen molar-refractivity contribution in [1.82, 2.24) is 24.7 Å². The Kier molecular flexibility index (Phi) is 5.37. The Morgan fingerprint density at radius 1 is 1.09 bits per heavy atom. The van der Waals surface area contributed by atoms with Gasteiger partial charge in [-0.1, -0.05) is 18.2 Å². The van der Waals surface area contributed by atoms with Crippen molar-refractivity contribution in [1.29, 1.82) is 0 Å². The van der Waals surface area contributed by atoms with E-state index in [1.165, 1.54) is 23.1 Å². The van der Waals surface area contributed by atoms with Crippen molar-refractivity contribution >= 4 is 16.9 Å². The lowest BCUT2D eigenvalue weighted by Crippen LogP contribution is -2.41. The standard InChI is InChI=1S/C27H27FN6O/c1-3-35-16-25-26-21(20-6-4-5-7-22(20)31-26)12-24(18-13-30-33(2)15-18)34(25)27-29-14-23(32-27)17-8-10-19(28)11-9-17/h4-11,13-15,24-25,31H,3,12,16H2,1-2H3,(H,29,32)/t24-,25-/m1/s1. The molecular weight excluding hydrogens is 443 g/mol. The highest BCUT2D eigenvalue weighted by Crippen LogP contribution is 2.45. The fraction of sp³-hybridized carbons (Fsp3) is 0.259. The number of halogens is 1. The maximum Gasteiger partial charge on any atom is 0.204 e. The summed E-state index contributed by atoms with van der Waals surface area (Å²) in [6, 6.07) is 14.8. The van der Waals surface area contributed by atoms with E-state index >= 15 is 0 Å². The molecule has 0 unspecified atom stereocenters. The minimum absolute atomic E-state index is 0.00748. The van der Waals surface area contributed by atoms with Crippen LogP contribution in [0.5, 0.6) is 0 Å². The Bertz CT molecular complexity index is 1470. The van der Waals surface area contributed by atoms with Crippen molar-refractivity contribution in [3.05, 3.63) is 89.8 Å². The molecule has 35 heavy (non-hydrogen) atoms. The molecule has 178 valence electrons. The lowest BCUT2D eigenvalue weighted by molar-refractivity contribution is 0.124. The predicted molar refractivity (Wildman–Crippen MR) is 134 cm³/mol. The first-order valence-corrected chi connectivity index (χ1v) is 11.9. The highest BCUT2D eigenvalue weighted by atomic mass is 19.1. The van der Waals surface area contributed by atoms with Gasteiger partial charge >= 0.3 is 0 Å². The van der Waals surface area contributed by atoms with Gasteiger partial charge in [0.2, 0.25) is 5.95 Å². The smallest absolute Gasteiger partial charge is 0.204 e. The summed E-state index contributed by atoms with van der Waals surface area (Å²) >= 11 is 0. The number of rotatable bonds is 6. The van der Waals surface area contributed by atoms with Crippen LogP contribution in [-0.2, 0) is 18.2 Å². The first kappa shape index (κ1) is 21.6. The molecule has 0 aliphatic carbocycles. The van der Waals surface area contributed by atoms with E-state index in [0.29, 0.717) is 13.2 Å². The highest BCUT2D eigenvalue weighted by Gasteiger charge is 2.39. The molecule has 8 heteroatoms. The molecule has 1 aliphatic rings. The summed E-state index contributed by atoms with van der Waals surface area (Å²) in [6.07, 6.45) is 6.61. The van der Waals surface area contributed by atoms with E-state index in [1.807, 2.05) is 24.9 Å². The van der Waals surface area contributed by atoms with Gasteiger partial charge in [-0.25, -0.2) is 9.37 Å². The Labute approximate surface area is 202 Å². The molecule has 0 saturated heterocycles. The monoisotopic (exact) mass is 470 g/mol. The van der Waals surface area contributed by atoms with Gasteiger partial charge in [0.25, 0.3) is 0 Å². The molecule has 0 saturated carbocycles. The molecule has 5 aromatic rings. The van der Waals surface area contributed by atoms with Crippen molar-refractivity contribution in [2.24, 2.45) is 7.05 Å². The first-order valence-electron chi connectivity index (χ1n) is 11.9. The number of hydrogen-bond donors (Lipinski definition) is 2. The molecule has 2 N–H and O–H groups in total. The maximum absolute atomic E-state index is 13.5. The molecule has 4 heterocycles. The van der Waals surface area contributed by atoms with Gasteiger partial charge in [0.05, 0.1) is 36.8 Å². The normalized spacial score (nSPS) is 17.7. The molecule has 0 bridgehead atoms. The van der Waals surface area contributed by atoms with Crippen molar-refractivity contribution in [2.75, 3.05) is 18.1 Å². The average molecular weight is 471 g/mol. The number of ether oxygens (including phenoxy) is 1. The van der Waals surface area contributed by atoms with Crippen LogP contribution >= 0.6 is 0 Å². The summed E-state index contributed by atoms with van der Waals surface area (Å²) < 4.78 is 21.3. The van der Waals surface area contributed by atoms with Gasteiger partial charge in [0.1, 0.15) is 5.82 Å². The van der Waals surface area contributed by atoms with Crippen molar-refractivity contribution < 1.29 is 9.13 Å². The number of para-hydroxylation sites is 1. The summed E-state index contributed by atoms with van der Waals surface area (Å²) in [5, 5.41) is 5.70. The number of nitrogens with one attached hydrogen (secondary N) is 2. The van der Waals surface area contributed by atoms with Crippen LogP contribution in [-0.4, -0.2) is 37.9 Å². The van der Waals surface area contributed by atoms with Gasteiger partial charge in [0.15, 0.2) is 0 Å². The molecule has 2 atom stereocenters.